The quantitative estimate of drug-likeness (QED) is 0.830. The van der Waals surface area contributed by atoms with Gasteiger partial charge in [-0.2, -0.15) is 0 Å². The SMILES string of the molecule is Nc1ncc(Cl)cc1C(N)c1ccncc1. The first-order valence-corrected chi connectivity index (χ1v) is 5.12. The summed E-state index contributed by atoms with van der Waals surface area (Å²) in [6.07, 6.45) is 4.87. The van der Waals surface area contributed by atoms with Crippen LogP contribution in [0, 0.1) is 0 Å². The van der Waals surface area contributed by atoms with Gasteiger partial charge in [-0.3, -0.25) is 4.98 Å². The Kier molecular flexibility index (Phi) is 3.03. The normalized spacial score (nSPS) is 12.4. The van der Waals surface area contributed by atoms with Gasteiger partial charge in [-0.25, -0.2) is 4.98 Å². The van der Waals surface area contributed by atoms with E-state index in [1.165, 1.54) is 6.20 Å². The molecule has 16 heavy (non-hydrogen) atoms. The standard InChI is InChI=1S/C11H11ClN4/c12-8-5-9(11(14)16-6-8)10(13)7-1-3-15-4-2-7/h1-6,10H,13H2,(H2,14,16). The zero-order valence-electron chi connectivity index (χ0n) is 8.47. The lowest BCUT2D eigenvalue weighted by Crippen LogP contribution is -2.14. The Morgan fingerprint density at radius 3 is 2.62 bits per heavy atom. The Hall–Kier alpha value is -1.65. The Balaban J connectivity index is 2.41. The van der Waals surface area contributed by atoms with Crippen LogP contribution < -0.4 is 11.5 Å². The summed E-state index contributed by atoms with van der Waals surface area (Å²) < 4.78 is 0. The van der Waals surface area contributed by atoms with Crippen LogP contribution >= 0.6 is 11.6 Å². The van der Waals surface area contributed by atoms with Crippen molar-refractivity contribution < 1.29 is 0 Å². The molecule has 2 aromatic heterocycles. The first-order chi connectivity index (χ1) is 7.68. The van der Waals surface area contributed by atoms with Crippen molar-refractivity contribution >= 4 is 17.4 Å². The predicted octanol–water partition coefficient (Wildman–Crippen LogP) is 1.76. The average molecular weight is 235 g/mol. The molecule has 4 N–H and O–H groups in total. The molecule has 5 heteroatoms. The fraction of sp³-hybridized carbons (Fsp3) is 0.0909. The van der Waals surface area contributed by atoms with Crippen molar-refractivity contribution in [2.45, 2.75) is 6.04 Å². The molecule has 2 rings (SSSR count). The zero-order chi connectivity index (χ0) is 11.5. The van der Waals surface area contributed by atoms with Crippen LogP contribution in [-0.2, 0) is 0 Å². The van der Waals surface area contributed by atoms with Gasteiger partial charge in [0.05, 0.1) is 11.1 Å². The fourth-order valence-corrected chi connectivity index (χ4v) is 1.63. The summed E-state index contributed by atoms with van der Waals surface area (Å²) in [4.78, 5) is 7.91. The molecule has 0 spiro atoms. The highest BCUT2D eigenvalue weighted by Crippen LogP contribution is 2.25. The van der Waals surface area contributed by atoms with E-state index in [2.05, 4.69) is 9.97 Å². The van der Waals surface area contributed by atoms with E-state index in [0.717, 1.165) is 11.1 Å². The summed E-state index contributed by atoms with van der Waals surface area (Å²) in [5.74, 6) is 0.397. The van der Waals surface area contributed by atoms with Crippen LogP contribution in [0.2, 0.25) is 5.02 Å². The van der Waals surface area contributed by atoms with Crippen molar-refractivity contribution in [1.82, 2.24) is 9.97 Å². The molecular formula is C11H11ClN4. The molecule has 1 unspecified atom stereocenters. The van der Waals surface area contributed by atoms with Gasteiger partial charge in [0.2, 0.25) is 0 Å². The second kappa shape index (κ2) is 4.47. The van der Waals surface area contributed by atoms with E-state index in [4.69, 9.17) is 23.1 Å². The molecule has 0 bridgehead atoms. The zero-order valence-corrected chi connectivity index (χ0v) is 9.22. The first-order valence-electron chi connectivity index (χ1n) is 4.75. The van der Waals surface area contributed by atoms with Crippen molar-refractivity contribution in [1.29, 1.82) is 0 Å². The number of nitrogen functional groups attached to an aromatic ring is 1. The molecule has 0 fully saturated rings. The summed E-state index contributed by atoms with van der Waals surface area (Å²) >= 11 is 5.86. The number of anilines is 1. The minimum absolute atomic E-state index is 0.339. The molecule has 2 aromatic rings. The summed E-state index contributed by atoms with van der Waals surface area (Å²) in [7, 11) is 0. The molecule has 0 aliphatic carbocycles. The average Bonchev–Trinajstić information content (AvgIpc) is 2.32. The largest absolute Gasteiger partial charge is 0.383 e. The van der Waals surface area contributed by atoms with Gasteiger partial charge >= 0.3 is 0 Å². The van der Waals surface area contributed by atoms with Crippen molar-refractivity contribution in [3.05, 3.63) is 52.9 Å². The van der Waals surface area contributed by atoms with Gasteiger partial charge in [0.1, 0.15) is 5.82 Å². The number of halogens is 1. The Morgan fingerprint density at radius 2 is 1.94 bits per heavy atom. The third-order valence-electron chi connectivity index (χ3n) is 2.32. The molecule has 0 aromatic carbocycles. The van der Waals surface area contributed by atoms with E-state index in [-0.39, 0.29) is 6.04 Å². The van der Waals surface area contributed by atoms with Crippen molar-refractivity contribution in [2.75, 3.05) is 5.73 Å². The minimum Gasteiger partial charge on any atom is -0.383 e. The summed E-state index contributed by atoms with van der Waals surface area (Å²) in [5, 5.41) is 0.522. The second-order valence-electron chi connectivity index (χ2n) is 3.39. The number of hydrogen-bond acceptors (Lipinski definition) is 4. The number of rotatable bonds is 2. The third kappa shape index (κ3) is 2.13. The first kappa shape index (κ1) is 10.9. The molecule has 0 saturated carbocycles. The van der Waals surface area contributed by atoms with Gasteiger partial charge in [-0.15, -0.1) is 0 Å². The third-order valence-corrected chi connectivity index (χ3v) is 2.52. The van der Waals surface area contributed by atoms with Gasteiger partial charge in [-0.1, -0.05) is 11.6 Å². The van der Waals surface area contributed by atoms with Gasteiger partial charge in [0.25, 0.3) is 0 Å². The van der Waals surface area contributed by atoms with Crippen LogP contribution in [0.3, 0.4) is 0 Å². The van der Waals surface area contributed by atoms with Crippen molar-refractivity contribution in [3.8, 4) is 0 Å². The lowest BCUT2D eigenvalue weighted by atomic mass is 10.0. The molecule has 2 heterocycles. The van der Waals surface area contributed by atoms with Crippen LogP contribution in [-0.4, -0.2) is 9.97 Å². The second-order valence-corrected chi connectivity index (χ2v) is 3.82. The lowest BCUT2D eigenvalue weighted by Gasteiger charge is -2.14. The lowest BCUT2D eigenvalue weighted by molar-refractivity contribution is 0.864. The van der Waals surface area contributed by atoms with Crippen LogP contribution in [0.5, 0.6) is 0 Å². The molecule has 0 amide bonds. The van der Waals surface area contributed by atoms with Gasteiger partial charge in [-0.05, 0) is 23.8 Å². The van der Waals surface area contributed by atoms with Crippen LogP contribution in [0.4, 0.5) is 5.82 Å². The van der Waals surface area contributed by atoms with Crippen LogP contribution in [0.15, 0.2) is 36.8 Å². The highest BCUT2D eigenvalue weighted by molar-refractivity contribution is 6.30. The van der Waals surface area contributed by atoms with Gasteiger partial charge in [0, 0.05) is 24.2 Å². The van der Waals surface area contributed by atoms with E-state index in [1.54, 1.807) is 18.5 Å². The van der Waals surface area contributed by atoms with Gasteiger partial charge < -0.3 is 11.5 Å². The fourth-order valence-electron chi connectivity index (χ4n) is 1.46. The minimum atomic E-state index is -0.339. The number of nitrogens with two attached hydrogens (primary N) is 2. The van der Waals surface area contributed by atoms with Gasteiger partial charge in [0.15, 0.2) is 0 Å². The monoisotopic (exact) mass is 234 g/mol. The van der Waals surface area contributed by atoms with E-state index in [9.17, 15) is 0 Å². The topological polar surface area (TPSA) is 77.8 Å². The predicted molar refractivity (Wildman–Crippen MR) is 63.9 cm³/mol. The number of pyridine rings is 2. The van der Waals surface area contributed by atoms with Crippen molar-refractivity contribution in [2.24, 2.45) is 5.73 Å². The molecule has 82 valence electrons. The Morgan fingerprint density at radius 1 is 1.25 bits per heavy atom. The molecule has 1 atom stereocenters. The number of nitrogens with zero attached hydrogens (tertiary/aromatic N) is 2. The molecule has 4 nitrogen and oxygen atoms in total. The molecular weight excluding hydrogens is 224 g/mol. The van der Waals surface area contributed by atoms with E-state index >= 15 is 0 Å². The highest BCUT2D eigenvalue weighted by atomic mass is 35.5. The summed E-state index contributed by atoms with van der Waals surface area (Å²) in [6.45, 7) is 0. The molecule has 0 saturated heterocycles. The number of aromatic nitrogens is 2. The summed E-state index contributed by atoms with van der Waals surface area (Å²) in [5.41, 5.74) is 13.5. The maximum absolute atomic E-state index is 6.08. The van der Waals surface area contributed by atoms with Crippen LogP contribution in [0.25, 0.3) is 0 Å². The smallest absolute Gasteiger partial charge is 0.128 e. The Bertz CT molecular complexity index is 487. The summed E-state index contributed by atoms with van der Waals surface area (Å²) in [6, 6.07) is 5.07. The number of hydrogen-bond donors (Lipinski definition) is 2. The molecule has 0 aliphatic rings. The Labute approximate surface area is 98.3 Å². The highest BCUT2D eigenvalue weighted by Gasteiger charge is 2.13. The molecule has 0 aliphatic heterocycles. The van der Waals surface area contributed by atoms with Crippen molar-refractivity contribution in [3.63, 3.8) is 0 Å². The molecule has 0 radical (unpaired) electrons. The van der Waals surface area contributed by atoms with E-state index < -0.39 is 0 Å². The van der Waals surface area contributed by atoms with Crippen LogP contribution in [0.1, 0.15) is 17.2 Å². The maximum atomic E-state index is 6.08. The van der Waals surface area contributed by atoms with E-state index in [0.29, 0.717) is 10.8 Å². The van der Waals surface area contributed by atoms with E-state index in [1.807, 2.05) is 12.1 Å². The maximum Gasteiger partial charge on any atom is 0.128 e.